The zero-order valence-corrected chi connectivity index (χ0v) is 21.5. The molecule has 0 bridgehead atoms. The summed E-state index contributed by atoms with van der Waals surface area (Å²) in [5.74, 6) is -0.723. The first-order chi connectivity index (χ1) is 17.9. The van der Waals surface area contributed by atoms with Crippen molar-refractivity contribution >= 4 is 28.9 Å². The second kappa shape index (κ2) is 11.1. The maximum Gasteiger partial charge on any atom is 0.407 e. The van der Waals surface area contributed by atoms with Crippen molar-refractivity contribution in [3.8, 4) is 0 Å². The fraction of sp³-hybridized carbons (Fsp3) is 0.630. The Labute approximate surface area is 216 Å². The van der Waals surface area contributed by atoms with Crippen LogP contribution in [0.3, 0.4) is 0 Å². The van der Waals surface area contributed by atoms with Crippen LogP contribution in [0.25, 0.3) is 11.0 Å². The Kier molecular flexibility index (Phi) is 7.64. The normalized spacial score (nSPS) is 23.9. The minimum absolute atomic E-state index is 0.226. The number of carbonyl (C=O) groups excluding carboxylic acids is 3. The number of nitrogens with one attached hydrogen (secondary N) is 2. The van der Waals surface area contributed by atoms with Crippen molar-refractivity contribution in [2.24, 2.45) is 7.05 Å². The van der Waals surface area contributed by atoms with Crippen LogP contribution in [-0.2, 0) is 27.8 Å². The first kappa shape index (κ1) is 25.5. The fourth-order valence-corrected chi connectivity index (χ4v) is 6.22. The van der Waals surface area contributed by atoms with Crippen molar-refractivity contribution < 1.29 is 19.1 Å². The summed E-state index contributed by atoms with van der Waals surface area (Å²) in [4.78, 5) is 51.3. The van der Waals surface area contributed by atoms with E-state index in [-0.39, 0.29) is 24.1 Å². The van der Waals surface area contributed by atoms with Gasteiger partial charge in [0.2, 0.25) is 11.8 Å². The van der Waals surface area contributed by atoms with E-state index in [4.69, 9.17) is 4.74 Å². The molecule has 200 valence electrons. The summed E-state index contributed by atoms with van der Waals surface area (Å²) in [6.45, 7) is 2.21. The molecule has 1 aromatic heterocycles. The van der Waals surface area contributed by atoms with E-state index in [0.717, 1.165) is 49.7 Å². The van der Waals surface area contributed by atoms with Gasteiger partial charge in [-0.05, 0) is 75.6 Å². The van der Waals surface area contributed by atoms with E-state index in [1.807, 2.05) is 18.2 Å². The minimum atomic E-state index is -0.672. The van der Waals surface area contributed by atoms with Crippen LogP contribution in [0.2, 0.25) is 0 Å². The van der Waals surface area contributed by atoms with E-state index >= 15 is 0 Å². The highest BCUT2D eigenvalue weighted by Gasteiger charge is 2.37. The summed E-state index contributed by atoms with van der Waals surface area (Å²) in [6.07, 6.45) is 8.78. The number of unbranched alkanes of at least 4 members (excludes halogenated alkanes) is 2. The fourth-order valence-electron chi connectivity index (χ4n) is 6.22. The number of alkyl carbamates (subject to hydrolysis) is 1. The first-order valence-electron chi connectivity index (χ1n) is 13.6. The number of benzene rings is 1. The van der Waals surface area contributed by atoms with Crippen LogP contribution in [0.1, 0.15) is 69.4 Å². The maximum absolute atomic E-state index is 12.9. The van der Waals surface area contributed by atoms with E-state index in [1.54, 1.807) is 11.6 Å². The van der Waals surface area contributed by atoms with Crippen molar-refractivity contribution in [1.29, 1.82) is 0 Å². The highest BCUT2D eigenvalue weighted by atomic mass is 16.5. The molecule has 3 saturated heterocycles. The van der Waals surface area contributed by atoms with E-state index in [1.165, 1.54) is 23.8 Å². The van der Waals surface area contributed by atoms with Crippen LogP contribution in [0, 0.1) is 0 Å². The van der Waals surface area contributed by atoms with Gasteiger partial charge >= 0.3 is 11.8 Å². The van der Waals surface area contributed by atoms with Gasteiger partial charge < -0.3 is 10.1 Å². The van der Waals surface area contributed by atoms with Gasteiger partial charge in [-0.3, -0.25) is 28.9 Å². The standard InChI is InChI=1S/C27H37N5O5/c1-30-23-16-18(8-11-21(23)32(27(30)36)22-12-13-24(33)29-25(22)34)6-3-2-4-14-28-26(35)37-17-20-10-9-19-7-5-15-31(19)20/h8,11,16,19-20,22H,2-7,9-10,12-15,17H2,1H3,(H,28,35)(H,29,33,34). The van der Waals surface area contributed by atoms with E-state index in [0.29, 0.717) is 37.2 Å². The number of piperidine rings is 1. The third-order valence-electron chi connectivity index (χ3n) is 8.22. The molecule has 2 N–H and O–H groups in total. The van der Waals surface area contributed by atoms with Crippen molar-refractivity contribution in [2.75, 3.05) is 19.7 Å². The Bertz CT molecular complexity index is 1230. The molecular weight excluding hydrogens is 474 g/mol. The van der Waals surface area contributed by atoms with Crippen molar-refractivity contribution in [1.82, 2.24) is 24.7 Å². The summed E-state index contributed by atoms with van der Waals surface area (Å²) < 4.78 is 8.53. The molecule has 3 fully saturated rings. The Morgan fingerprint density at radius 2 is 1.95 bits per heavy atom. The summed E-state index contributed by atoms with van der Waals surface area (Å²) in [6, 6.07) is 6.30. The predicted molar refractivity (Wildman–Crippen MR) is 138 cm³/mol. The largest absolute Gasteiger partial charge is 0.448 e. The van der Waals surface area contributed by atoms with Crippen molar-refractivity contribution in [3.63, 3.8) is 0 Å². The van der Waals surface area contributed by atoms with Crippen molar-refractivity contribution in [2.45, 2.75) is 82.3 Å². The predicted octanol–water partition coefficient (Wildman–Crippen LogP) is 2.38. The lowest BCUT2D eigenvalue weighted by Gasteiger charge is -2.23. The molecule has 3 aliphatic rings. The van der Waals surface area contributed by atoms with Crippen molar-refractivity contribution in [3.05, 3.63) is 34.2 Å². The summed E-state index contributed by atoms with van der Waals surface area (Å²) in [5, 5.41) is 5.21. The lowest BCUT2D eigenvalue weighted by Crippen LogP contribution is -2.44. The van der Waals surface area contributed by atoms with Gasteiger partial charge in [-0.1, -0.05) is 12.5 Å². The number of aromatic nitrogens is 2. The number of carbonyl (C=O) groups is 3. The lowest BCUT2D eigenvalue weighted by molar-refractivity contribution is -0.135. The quantitative estimate of drug-likeness (QED) is 0.395. The molecular formula is C27H37N5O5. The number of amides is 3. The second-order valence-electron chi connectivity index (χ2n) is 10.6. The molecule has 0 saturated carbocycles. The van der Waals surface area contributed by atoms with Gasteiger partial charge in [-0.25, -0.2) is 9.59 Å². The lowest BCUT2D eigenvalue weighted by atomic mass is 10.0. The van der Waals surface area contributed by atoms with Crippen LogP contribution in [0.5, 0.6) is 0 Å². The third kappa shape index (κ3) is 5.44. The maximum atomic E-state index is 12.9. The number of aryl methyl sites for hydroxylation is 2. The third-order valence-corrected chi connectivity index (χ3v) is 8.22. The summed E-state index contributed by atoms with van der Waals surface area (Å²) in [5.41, 5.74) is 2.34. The number of hydrogen-bond acceptors (Lipinski definition) is 6. The number of hydrogen-bond donors (Lipinski definition) is 2. The average Bonchev–Trinajstić information content (AvgIpc) is 3.56. The van der Waals surface area contributed by atoms with Crippen LogP contribution in [-0.4, -0.2) is 63.7 Å². The van der Waals surface area contributed by atoms with Gasteiger partial charge in [0.1, 0.15) is 12.6 Å². The molecule has 3 atom stereocenters. The molecule has 0 spiro atoms. The zero-order valence-electron chi connectivity index (χ0n) is 21.5. The van der Waals surface area contributed by atoms with Crippen LogP contribution >= 0.6 is 0 Å². The smallest absolute Gasteiger partial charge is 0.407 e. The molecule has 0 radical (unpaired) electrons. The summed E-state index contributed by atoms with van der Waals surface area (Å²) >= 11 is 0. The molecule has 37 heavy (non-hydrogen) atoms. The Hall–Kier alpha value is -3.14. The number of imide groups is 1. The number of ether oxygens (including phenoxy) is 1. The molecule has 10 heteroatoms. The Balaban J connectivity index is 1.06. The highest BCUT2D eigenvalue weighted by molar-refractivity contribution is 6.00. The molecule has 2 aromatic rings. The van der Waals surface area contributed by atoms with E-state index in [2.05, 4.69) is 15.5 Å². The van der Waals surface area contributed by atoms with Gasteiger partial charge in [0.05, 0.1) is 11.0 Å². The molecule has 0 aliphatic carbocycles. The van der Waals surface area contributed by atoms with Gasteiger partial charge in [0.15, 0.2) is 0 Å². The number of fused-ring (bicyclic) bond motifs is 2. The molecule has 1 aromatic carbocycles. The van der Waals surface area contributed by atoms with E-state index < -0.39 is 11.9 Å². The molecule has 3 aliphatic heterocycles. The Morgan fingerprint density at radius 1 is 1.08 bits per heavy atom. The van der Waals surface area contributed by atoms with Crippen LogP contribution < -0.4 is 16.3 Å². The van der Waals surface area contributed by atoms with Gasteiger partial charge in [-0.2, -0.15) is 0 Å². The molecule has 10 nitrogen and oxygen atoms in total. The molecule has 3 amide bonds. The number of imidazole rings is 1. The van der Waals surface area contributed by atoms with Gasteiger partial charge in [0, 0.05) is 32.1 Å². The highest BCUT2D eigenvalue weighted by Crippen LogP contribution is 2.32. The molecule has 3 unspecified atom stereocenters. The molecule has 4 heterocycles. The van der Waals surface area contributed by atoms with Crippen LogP contribution in [0.15, 0.2) is 23.0 Å². The SMILES string of the molecule is Cn1c(=O)n(C2CCC(=O)NC2=O)c2ccc(CCCCCNC(=O)OCC3CCC4CCCN43)cc21. The van der Waals surface area contributed by atoms with Crippen LogP contribution in [0.4, 0.5) is 4.79 Å². The van der Waals surface area contributed by atoms with Gasteiger partial charge in [0.25, 0.3) is 0 Å². The minimum Gasteiger partial charge on any atom is -0.448 e. The average molecular weight is 512 g/mol. The topological polar surface area (TPSA) is 115 Å². The second-order valence-corrected chi connectivity index (χ2v) is 10.6. The molecule has 5 rings (SSSR count). The Morgan fingerprint density at radius 3 is 2.78 bits per heavy atom. The summed E-state index contributed by atoms with van der Waals surface area (Å²) in [7, 11) is 1.71. The zero-order chi connectivity index (χ0) is 25.9. The number of rotatable bonds is 9. The van der Waals surface area contributed by atoms with E-state index in [9.17, 15) is 19.2 Å². The number of nitrogens with zero attached hydrogens (tertiary/aromatic N) is 3. The first-order valence-corrected chi connectivity index (χ1v) is 13.6. The monoisotopic (exact) mass is 511 g/mol. The van der Waals surface area contributed by atoms with Gasteiger partial charge in [-0.15, -0.1) is 0 Å².